The molecule has 0 saturated heterocycles. The second kappa shape index (κ2) is 25.0. The predicted molar refractivity (Wildman–Crippen MR) is 473 cm³/mol. The molecule has 2 nitrogen and oxygen atoms in total. The van der Waals surface area contributed by atoms with Crippen LogP contribution in [-0.2, 0) is 16.2 Å². The molecule has 1 spiro atoms. The van der Waals surface area contributed by atoms with Crippen molar-refractivity contribution in [2.45, 2.75) is 77.4 Å². The van der Waals surface area contributed by atoms with Gasteiger partial charge in [0.1, 0.15) is 0 Å². The first-order valence-corrected chi connectivity index (χ1v) is 40.7. The number of fused-ring (bicyclic) bond motifs is 18. The summed E-state index contributed by atoms with van der Waals surface area (Å²) >= 11 is 3.94. The second-order valence-corrected chi connectivity index (χ2v) is 35.2. The first-order valence-electron chi connectivity index (χ1n) is 39.1. The number of rotatable bonds is 8. The van der Waals surface area contributed by atoms with Gasteiger partial charge in [-0.15, -0.1) is 0 Å². The van der Waals surface area contributed by atoms with Crippen LogP contribution in [0.1, 0.15) is 74.9 Å². The molecular weight excluding hydrogens is 1370 g/mol. The number of hydrogen-bond donors (Lipinski definition) is 0. The average Bonchev–Trinajstić information content (AvgIpc) is 1.44. The van der Waals surface area contributed by atoms with Crippen LogP contribution in [0, 0.1) is 0 Å². The largest absolute Gasteiger partial charge is 0.311 e. The minimum Gasteiger partial charge on any atom is -0.311 e. The SMILES string of the molecule is CC(C)(C)c1ccc(-c2cc3c4c(c2)N(c2ccc(-c5ccccc5)cc2)c2ccc(-c5ccccc5)cc2B4c2cc4c(cc2S3)C2(c3ccccc3-4)c3ccccc3-c3cc4c(cc32)Sc2cc(-c3ccc(C(C)(C)C)cc3)cc3c2B4c2cc(-c4ccccc4)ccc2N3c2ccc(-c3ccccc3)cc2)cc1. The third kappa shape index (κ3) is 10.3. The summed E-state index contributed by atoms with van der Waals surface area (Å²) in [6, 6.07) is 135. The molecular formula is C105H76B2N2S2. The monoisotopic (exact) mass is 1450 g/mol. The Morgan fingerprint density at radius 3 is 0.919 bits per heavy atom. The molecule has 22 rings (SSSR count). The molecule has 0 unspecified atom stereocenters. The standard InChI is InChI=1S/C105H76B2N2S2/c1-103(2,3)77-45-35-71(36-46-77)75-57-95-101-99(59-75)110-97-63-87-83(61-91(97)106(101)89-55-73(67-27-15-9-16-28-67)43-53-93(89)108(95)79-49-39-69(40-50-79)65-23-11-7-12-24-65)81-31-19-21-33-85(81)105(87)86-34-22-20-32-82(86)84-62-92-98(64-88(84)105)111-100-60-76(72-37-47-78(48-38-72)104(4,5)6)58-96-102(100)107(92)90-56-74(68-29-17-10-18-30-68)44-54-94(90)109(96)80-51-41-70(42-52-80)66-25-13-8-14-26-66/h7-64H,1-6H3. The Morgan fingerprint density at radius 2 is 0.550 bits per heavy atom. The Balaban J connectivity index is 0.761. The van der Waals surface area contributed by atoms with Gasteiger partial charge >= 0.3 is 0 Å². The summed E-state index contributed by atoms with van der Waals surface area (Å²) in [5.74, 6) is 0. The molecule has 524 valence electrons. The van der Waals surface area contributed by atoms with Crippen molar-refractivity contribution in [1.82, 2.24) is 0 Å². The van der Waals surface area contributed by atoms with Gasteiger partial charge < -0.3 is 9.80 Å². The van der Waals surface area contributed by atoms with Crippen molar-refractivity contribution >= 4 is 104 Å². The van der Waals surface area contributed by atoms with Crippen molar-refractivity contribution in [3.63, 3.8) is 0 Å². The quantitative estimate of drug-likeness (QED) is 0.140. The van der Waals surface area contributed by atoms with Gasteiger partial charge in [0.15, 0.2) is 0 Å². The van der Waals surface area contributed by atoms with Crippen molar-refractivity contribution in [2.75, 3.05) is 9.80 Å². The first kappa shape index (κ1) is 66.0. The van der Waals surface area contributed by atoms with Gasteiger partial charge in [-0.3, -0.25) is 0 Å². The van der Waals surface area contributed by atoms with E-state index in [0.717, 1.165) is 11.4 Å². The molecule has 0 bridgehead atoms. The Hall–Kier alpha value is -12.1. The highest BCUT2D eigenvalue weighted by Gasteiger charge is 2.55. The summed E-state index contributed by atoms with van der Waals surface area (Å²) in [7, 11) is 0. The fraction of sp³-hybridized carbons (Fsp3) is 0.0857. The van der Waals surface area contributed by atoms with Gasteiger partial charge in [-0.1, -0.05) is 355 Å². The van der Waals surface area contributed by atoms with Gasteiger partial charge in [0.25, 0.3) is 0 Å². The Labute approximate surface area is 660 Å². The van der Waals surface area contributed by atoms with E-state index >= 15 is 0 Å². The molecule has 0 saturated carbocycles. The van der Waals surface area contributed by atoms with Gasteiger partial charge in [0, 0.05) is 53.7 Å². The van der Waals surface area contributed by atoms with E-state index in [1.807, 2.05) is 23.5 Å². The molecule has 4 heterocycles. The van der Waals surface area contributed by atoms with Gasteiger partial charge in [0.2, 0.25) is 13.4 Å². The lowest BCUT2D eigenvalue weighted by molar-refractivity contribution is 0.590. The Kier molecular flexibility index (Phi) is 14.9. The van der Waals surface area contributed by atoms with Crippen LogP contribution in [0.4, 0.5) is 34.1 Å². The fourth-order valence-electron chi connectivity index (χ4n) is 19.3. The summed E-state index contributed by atoms with van der Waals surface area (Å²) in [5, 5.41) is 0. The van der Waals surface area contributed by atoms with Crippen molar-refractivity contribution in [1.29, 1.82) is 0 Å². The highest BCUT2D eigenvalue weighted by molar-refractivity contribution is 8.00. The van der Waals surface area contributed by atoms with Crippen molar-refractivity contribution in [3.05, 3.63) is 385 Å². The van der Waals surface area contributed by atoms with Crippen molar-refractivity contribution in [3.8, 4) is 89.0 Å². The van der Waals surface area contributed by atoms with E-state index < -0.39 is 5.41 Å². The Bertz CT molecular complexity index is 6100. The first-order chi connectivity index (χ1) is 54.3. The number of hydrogen-bond acceptors (Lipinski definition) is 4. The maximum absolute atomic E-state index is 2.68. The second-order valence-electron chi connectivity index (χ2n) is 33.0. The van der Waals surface area contributed by atoms with Gasteiger partial charge in [-0.2, -0.15) is 0 Å². The highest BCUT2D eigenvalue weighted by atomic mass is 32.2. The third-order valence-corrected chi connectivity index (χ3v) is 27.0. The number of nitrogens with zero attached hydrogens (tertiary/aromatic N) is 2. The molecule has 2 aliphatic carbocycles. The van der Waals surface area contributed by atoms with Crippen LogP contribution in [0.2, 0.25) is 0 Å². The lowest BCUT2D eigenvalue weighted by Crippen LogP contribution is -2.60. The summed E-state index contributed by atoms with van der Waals surface area (Å²) < 4.78 is 0. The third-order valence-electron chi connectivity index (χ3n) is 24.7. The van der Waals surface area contributed by atoms with E-state index in [4.69, 9.17) is 0 Å². The minimum absolute atomic E-state index is 0.0163. The summed E-state index contributed by atoms with van der Waals surface area (Å²) in [4.78, 5) is 10.3. The van der Waals surface area contributed by atoms with Crippen LogP contribution in [-0.4, -0.2) is 13.4 Å². The van der Waals surface area contributed by atoms with Crippen LogP contribution < -0.4 is 42.6 Å². The zero-order valence-corrected chi connectivity index (χ0v) is 64.5. The molecule has 6 heteroatoms. The number of benzene rings is 16. The maximum atomic E-state index is 2.68. The zero-order chi connectivity index (χ0) is 74.2. The summed E-state index contributed by atoms with van der Waals surface area (Å²) in [6.45, 7) is 13.7. The van der Waals surface area contributed by atoms with Crippen LogP contribution in [0.5, 0.6) is 0 Å². The van der Waals surface area contributed by atoms with Crippen molar-refractivity contribution < 1.29 is 0 Å². The molecule has 16 aromatic rings. The van der Waals surface area contributed by atoms with E-state index in [0.29, 0.717) is 0 Å². The normalized spacial score (nSPS) is 14.0. The van der Waals surface area contributed by atoms with E-state index in [2.05, 4.69) is 403 Å². The molecule has 0 fully saturated rings. The lowest BCUT2D eigenvalue weighted by Gasteiger charge is -2.41. The van der Waals surface area contributed by atoms with Crippen LogP contribution in [0.15, 0.2) is 371 Å². The van der Waals surface area contributed by atoms with Gasteiger partial charge in [-0.05, 0) is 228 Å². The van der Waals surface area contributed by atoms with Crippen LogP contribution in [0.3, 0.4) is 0 Å². The molecule has 111 heavy (non-hydrogen) atoms. The Morgan fingerprint density at radius 1 is 0.234 bits per heavy atom. The summed E-state index contributed by atoms with van der Waals surface area (Å²) in [6.07, 6.45) is 0. The number of anilines is 6. The van der Waals surface area contributed by atoms with E-state index in [1.54, 1.807) is 0 Å². The molecule has 4 aliphatic heterocycles. The molecule has 0 radical (unpaired) electrons. The smallest absolute Gasteiger partial charge is 0.249 e. The van der Waals surface area contributed by atoms with Crippen molar-refractivity contribution in [2.24, 2.45) is 0 Å². The maximum Gasteiger partial charge on any atom is 0.249 e. The molecule has 0 aromatic heterocycles. The highest BCUT2D eigenvalue weighted by Crippen LogP contribution is 2.64. The lowest BCUT2D eigenvalue weighted by atomic mass is 9.34. The predicted octanol–water partition coefficient (Wildman–Crippen LogP) is 24.2. The minimum atomic E-state index is -0.644. The van der Waals surface area contributed by atoms with Crippen LogP contribution >= 0.6 is 23.5 Å². The fourth-order valence-corrected chi connectivity index (χ4v) is 21.8. The molecule has 0 amide bonds. The van der Waals surface area contributed by atoms with E-state index in [-0.39, 0.29) is 24.3 Å². The van der Waals surface area contributed by atoms with E-state index in [9.17, 15) is 0 Å². The zero-order valence-electron chi connectivity index (χ0n) is 62.9. The van der Waals surface area contributed by atoms with Gasteiger partial charge in [0.05, 0.1) is 5.41 Å². The van der Waals surface area contributed by atoms with Crippen LogP contribution in [0.25, 0.3) is 89.0 Å². The molecule has 16 aromatic carbocycles. The van der Waals surface area contributed by atoms with E-state index in [1.165, 1.54) is 198 Å². The molecule has 6 aliphatic rings. The summed E-state index contributed by atoms with van der Waals surface area (Å²) in [5.41, 5.74) is 42.2. The van der Waals surface area contributed by atoms with Gasteiger partial charge in [-0.25, -0.2) is 0 Å². The molecule has 0 N–H and O–H groups in total. The average molecular weight is 1450 g/mol. The topological polar surface area (TPSA) is 6.48 Å². The molecule has 0 atom stereocenters.